The predicted molar refractivity (Wildman–Crippen MR) is 95.7 cm³/mol. The molecular weight excluding hydrogens is 314 g/mol. The van der Waals surface area contributed by atoms with Crippen molar-refractivity contribution in [1.82, 2.24) is 15.1 Å². The fourth-order valence-electron chi connectivity index (χ4n) is 4.21. The zero-order valence-electron chi connectivity index (χ0n) is 14.9. The number of aromatic nitrogens is 2. The second-order valence-corrected chi connectivity index (χ2v) is 7.51. The van der Waals surface area contributed by atoms with E-state index in [1.54, 1.807) is 16.9 Å². The predicted octanol–water partition coefficient (Wildman–Crippen LogP) is 4.03. The number of ether oxygens (including phenoxy) is 1. The van der Waals surface area contributed by atoms with Crippen molar-refractivity contribution in [3.8, 4) is 5.75 Å². The molecule has 1 N–H and O–H groups in total. The Morgan fingerprint density at radius 1 is 1.28 bits per heavy atom. The molecule has 1 saturated carbocycles. The number of para-hydroxylation sites is 1. The van der Waals surface area contributed by atoms with Gasteiger partial charge in [0, 0.05) is 24.2 Å². The average Bonchev–Trinajstić information content (AvgIpc) is 3.24. The molecule has 132 valence electrons. The summed E-state index contributed by atoms with van der Waals surface area (Å²) in [7, 11) is 0. The van der Waals surface area contributed by atoms with Crippen molar-refractivity contribution < 1.29 is 9.53 Å². The van der Waals surface area contributed by atoms with Gasteiger partial charge in [0.2, 0.25) is 0 Å². The van der Waals surface area contributed by atoms with E-state index in [0.717, 1.165) is 30.6 Å². The summed E-state index contributed by atoms with van der Waals surface area (Å²) in [5, 5.41) is 7.52. The molecule has 1 spiro atoms. The van der Waals surface area contributed by atoms with E-state index in [1.165, 1.54) is 12.8 Å². The molecule has 1 amide bonds. The topological polar surface area (TPSA) is 56.2 Å². The van der Waals surface area contributed by atoms with Gasteiger partial charge in [-0.15, -0.1) is 0 Å². The number of hydrogen-bond donors (Lipinski definition) is 1. The third kappa shape index (κ3) is 2.92. The van der Waals surface area contributed by atoms with Gasteiger partial charge in [0.25, 0.3) is 5.91 Å². The minimum absolute atomic E-state index is 0.0222. The Morgan fingerprint density at radius 2 is 2.04 bits per heavy atom. The van der Waals surface area contributed by atoms with Gasteiger partial charge in [0.1, 0.15) is 17.0 Å². The van der Waals surface area contributed by atoms with E-state index in [1.807, 2.05) is 32.0 Å². The van der Waals surface area contributed by atoms with Crippen LogP contribution in [0, 0.1) is 0 Å². The van der Waals surface area contributed by atoms with Crippen molar-refractivity contribution in [3.05, 3.63) is 47.8 Å². The highest BCUT2D eigenvalue weighted by molar-refractivity contribution is 5.92. The first kappa shape index (κ1) is 16.2. The summed E-state index contributed by atoms with van der Waals surface area (Å²) >= 11 is 0. The zero-order valence-corrected chi connectivity index (χ0v) is 14.9. The quantitative estimate of drug-likeness (QED) is 0.918. The molecule has 1 atom stereocenters. The molecule has 4 rings (SSSR count). The lowest BCUT2D eigenvalue weighted by Crippen LogP contribution is -2.43. The summed E-state index contributed by atoms with van der Waals surface area (Å²) in [6.07, 6.45) is 7.05. The first-order valence-corrected chi connectivity index (χ1v) is 9.20. The maximum absolute atomic E-state index is 12.9. The molecule has 5 heteroatoms. The summed E-state index contributed by atoms with van der Waals surface area (Å²) < 4.78 is 8.15. The maximum Gasteiger partial charge on any atom is 0.270 e. The molecule has 0 radical (unpaired) electrons. The van der Waals surface area contributed by atoms with Crippen LogP contribution >= 0.6 is 0 Å². The number of hydrogen-bond acceptors (Lipinski definition) is 3. The van der Waals surface area contributed by atoms with E-state index in [2.05, 4.69) is 16.5 Å². The fourth-order valence-corrected chi connectivity index (χ4v) is 4.21. The SMILES string of the molecule is CC(C)n1nccc1C(=O)N[C@@H]1CC2(CCCC2)Oc2ccccc21. The molecule has 1 aromatic heterocycles. The van der Waals surface area contributed by atoms with Crippen LogP contribution < -0.4 is 10.1 Å². The summed E-state index contributed by atoms with van der Waals surface area (Å²) in [4.78, 5) is 12.9. The Morgan fingerprint density at radius 3 is 2.80 bits per heavy atom. The van der Waals surface area contributed by atoms with Gasteiger partial charge >= 0.3 is 0 Å². The van der Waals surface area contributed by atoms with Crippen LogP contribution in [-0.4, -0.2) is 21.3 Å². The monoisotopic (exact) mass is 339 g/mol. The van der Waals surface area contributed by atoms with Gasteiger partial charge in [-0.2, -0.15) is 5.10 Å². The normalized spacial score (nSPS) is 21.2. The van der Waals surface area contributed by atoms with Gasteiger partial charge in [-0.25, -0.2) is 0 Å². The summed E-state index contributed by atoms with van der Waals surface area (Å²) in [5.41, 5.74) is 1.56. The minimum atomic E-state index is -0.120. The molecule has 5 nitrogen and oxygen atoms in total. The Kier molecular flexibility index (Phi) is 4.02. The van der Waals surface area contributed by atoms with Crippen LogP contribution in [0.3, 0.4) is 0 Å². The van der Waals surface area contributed by atoms with Gasteiger partial charge < -0.3 is 10.1 Å². The highest BCUT2D eigenvalue weighted by atomic mass is 16.5. The van der Waals surface area contributed by atoms with Crippen LogP contribution in [0.4, 0.5) is 0 Å². The number of carbonyl (C=O) groups is 1. The first-order chi connectivity index (χ1) is 12.1. The van der Waals surface area contributed by atoms with Crippen molar-refractivity contribution in [3.63, 3.8) is 0 Å². The lowest BCUT2D eigenvalue weighted by Gasteiger charge is -2.40. The lowest BCUT2D eigenvalue weighted by atomic mass is 9.86. The van der Waals surface area contributed by atoms with E-state index in [-0.39, 0.29) is 23.6 Å². The van der Waals surface area contributed by atoms with Crippen molar-refractivity contribution in [2.45, 2.75) is 63.6 Å². The average molecular weight is 339 g/mol. The largest absolute Gasteiger partial charge is 0.487 e. The van der Waals surface area contributed by atoms with Crippen LogP contribution in [-0.2, 0) is 0 Å². The zero-order chi connectivity index (χ0) is 17.4. The smallest absolute Gasteiger partial charge is 0.270 e. The van der Waals surface area contributed by atoms with Crippen molar-refractivity contribution in [1.29, 1.82) is 0 Å². The standard InChI is InChI=1S/C20H25N3O2/c1-14(2)23-17(9-12-21-23)19(24)22-16-13-20(10-5-6-11-20)25-18-8-4-3-7-15(16)18/h3-4,7-9,12,14,16H,5-6,10-11,13H2,1-2H3,(H,22,24)/t16-/m1/s1. The third-order valence-corrected chi connectivity index (χ3v) is 5.41. The first-order valence-electron chi connectivity index (χ1n) is 9.20. The summed E-state index contributed by atoms with van der Waals surface area (Å²) in [6.45, 7) is 4.06. The van der Waals surface area contributed by atoms with Gasteiger partial charge in [0.15, 0.2) is 0 Å². The van der Waals surface area contributed by atoms with E-state index >= 15 is 0 Å². The molecule has 0 saturated heterocycles. The molecule has 0 bridgehead atoms. The Labute approximate surface area is 148 Å². The molecule has 2 aromatic rings. The molecule has 1 aromatic carbocycles. The lowest BCUT2D eigenvalue weighted by molar-refractivity contribution is 0.0359. The van der Waals surface area contributed by atoms with Gasteiger partial charge in [-0.1, -0.05) is 18.2 Å². The highest BCUT2D eigenvalue weighted by Crippen LogP contribution is 2.47. The molecule has 2 heterocycles. The van der Waals surface area contributed by atoms with Crippen molar-refractivity contribution in [2.75, 3.05) is 0 Å². The van der Waals surface area contributed by atoms with Crippen LogP contribution in [0.25, 0.3) is 0 Å². The van der Waals surface area contributed by atoms with Crippen LogP contribution in [0.2, 0.25) is 0 Å². The molecular formula is C20H25N3O2. The number of nitrogens with one attached hydrogen (secondary N) is 1. The third-order valence-electron chi connectivity index (χ3n) is 5.41. The summed E-state index contributed by atoms with van der Waals surface area (Å²) in [6, 6.07) is 10.00. The van der Waals surface area contributed by atoms with Gasteiger partial charge in [-0.3, -0.25) is 9.48 Å². The van der Waals surface area contributed by atoms with Crippen molar-refractivity contribution in [2.24, 2.45) is 0 Å². The van der Waals surface area contributed by atoms with Gasteiger partial charge in [0.05, 0.1) is 6.04 Å². The Bertz CT molecular complexity index is 775. The fraction of sp³-hybridized carbons (Fsp3) is 0.500. The van der Waals surface area contributed by atoms with Gasteiger partial charge in [-0.05, 0) is 51.7 Å². The van der Waals surface area contributed by atoms with Crippen LogP contribution in [0.1, 0.15) is 74.1 Å². The number of rotatable bonds is 3. The minimum Gasteiger partial charge on any atom is -0.487 e. The van der Waals surface area contributed by atoms with E-state index in [9.17, 15) is 4.79 Å². The molecule has 1 aliphatic carbocycles. The van der Waals surface area contributed by atoms with E-state index in [0.29, 0.717) is 5.69 Å². The molecule has 0 unspecified atom stereocenters. The Balaban J connectivity index is 1.62. The second kappa shape index (κ2) is 6.21. The van der Waals surface area contributed by atoms with E-state index < -0.39 is 0 Å². The van der Waals surface area contributed by atoms with Crippen LogP contribution in [0.15, 0.2) is 36.5 Å². The highest BCUT2D eigenvalue weighted by Gasteiger charge is 2.43. The molecule has 2 aliphatic rings. The number of fused-ring (bicyclic) bond motifs is 1. The van der Waals surface area contributed by atoms with E-state index in [4.69, 9.17) is 4.74 Å². The maximum atomic E-state index is 12.9. The Hall–Kier alpha value is -2.30. The number of amides is 1. The van der Waals surface area contributed by atoms with Crippen molar-refractivity contribution >= 4 is 5.91 Å². The molecule has 25 heavy (non-hydrogen) atoms. The second-order valence-electron chi connectivity index (χ2n) is 7.51. The van der Waals surface area contributed by atoms with Crippen LogP contribution in [0.5, 0.6) is 5.75 Å². The summed E-state index contributed by atoms with van der Waals surface area (Å²) in [5.74, 6) is 0.847. The number of benzene rings is 1. The molecule has 1 fully saturated rings. The molecule has 1 aliphatic heterocycles. The number of carbonyl (C=O) groups excluding carboxylic acids is 1. The number of nitrogens with zero attached hydrogens (tertiary/aromatic N) is 2.